The number of primary amides is 1. The lowest BCUT2D eigenvalue weighted by Crippen LogP contribution is -2.56. The highest BCUT2D eigenvalue weighted by Crippen LogP contribution is 1.98. The number of carboxylic acid groups (broad SMARTS) is 1. The smallest absolute Gasteiger partial charge is 0.322 e. The Balaban J connectivity index is 4.55. The Morgan fingerprint density at radius 3 is 2.19 bits per heavy atom. The quantitative estimate of drug-likeness (QED) is 0.257. The summed E-state index contributed by atoms with van der Waals surface area (Å²) < 4.78 is 0. The molecular formula is C11H20N4O6. The molecule has 0 radical (unpaired) electrons. The van der Waals surface area contributed by atoms with Gasteiger partial charge in [0.25, 0.3) is 0 Å². The van der Waals surface area contributed by atoms with E-state index in [1.165, 1.54) is 6.92 Å². The number of nitrogens with one attached hydrogen (secondary N) is 2. The Labute approximate surface area is 120 Å². The number of rotatable bonds is 9. The maximum absolute atomic E-state index is 11.7. The average molecular weight is 304 g/mol. The molecule has 0 aromatic heterocycles. The number of aliphatic hydroxyl groups excluding tert-OH is 1. The summed E-state index contributed by atoms with van der Waals surface area (Å²) in [6, 6.07) is -2.43. The third kappa shape index (κ3) is 7.84. The second kappa shape index (κ2) is 8.87. The van der Waals surface area contributed by atoms with Crippen molar-refractivity contribution in [3.8, 4) is 0 Å². The fourth-order valence-corrected chi connectivity index (χ4v) is 1.37. The molecule has 0 saturated carbocycles. The molecule has 10 heteroatoms. The first-order valence-corrected chi connectivity index (χ1v) is 6.17. The number of carboxylic acids is 1. The zero-order valence-electron chi connectivity index (χ0n) is 11.5. The molecule has 0 aliphatic heterocycles. The van der Waals surface area contributed by atoms with Crippen LogP contribution in [0, 0.1) is 0 Å². The lowest BCUT2D eigenvalue weighted by Gasteiger charge is -2.22. The summed E-state index contributed by atoms with van der Waals surface area (Å²) in [5, 5.41) is 22.1. The van der Waals surface area contributed by atoms with Gasteiger partial charge in [0, 0.05) is 6.42 Å². The van der Waals surface area contributed by atoms with Crippen LogP contribution in [0.3, 0.4) is 0 Å². The molecule has 0 saturated heterocycles. The number of aliphatic carboxylic acids is 1. The van der Waals surface area contributed by atoms with E-state index in [1.54, 1.807) is 0 Å². The lowest BCUT2D eigenvalue weighted by molar-refractivity contribution is -0.139. The number of carbonyl (C=O) groups excluding carboxylic acids is 3. The Hall–Kier alpha value is -2.20. The Morgan fingerprint density at radius 1 is 1.19 bits per heavy atom. The minimum atomic E-state index is -1.35. The molecule has 0 rings (SSSR count). The van der Waals surface area contributed by atoms with Gasteiger partial charge in [0.05, 0.1) is 12.1 Å². The van der Waals surface area contributed by atoms with Gasteiger partial charge in [0.1, 0.15) is 12.6 Å². The Bertz CT molecular complexity index is 412. The molecular weight excluding hydrogens is 284 g/mol. The minimum absolute atomic E-state index is 0.00948. The van der Waals surface area contributed by atoms with Crippen LogP contribution in [0.5, 0.6) is 0 Å². The molecule has 3 amide bonds. The van der Waals surface area contributed by atoms with Crippen molar-refractivity contribution in [3.05, 3.63) is 0 Å². The van der Waals surface area contributed by atoms with E-state index >= 15 is 0 Å². The molecule has 3 unspecified atom stereocenters. The van der Waals surface area contributed by atoms with Crippen LogP contribution in [0.25, 0.3) is 0 Å². The van der Waals surface area contributed by atoms with Crippen molar-refractivity contribution in [2.45, 2.75) is 38.0 Å². The first-order valence-electron chi connectivity index (χ1n) is 6.17. The van der Waals surface area contributed by atoms with E-state index in [9.17, 15) is 24.3 Å². The summed E-state index contributed by atoms with van der Waals surface area (Å²) in [7, 11) is 0. The number of hydrogen-bond donors (Lipinski definition) is 6. The fourth-order valence-electron chi connectivity index (χ4n) is 1.37. The Morgan fingerprint density at radius 2 is 1.76 bits per heavy atom. The van der Waals surface area contributed by atoms with Gasteiger partial charge in [0.2, 0.25) is 17.7 Å². The number of carbonyl (C=O) groups is 4. The van der Waals surface area contributed by atoms with Crippen LogP contribution in [0.1, 0.15) is 19.8 Å². The number of aliphatic hydroxyl groups is 1. The first-order chi connectivity index (χ1) is 9.65. The van der Waals surface area contributed by atoms with Gasteiger partial charge in [-0.05, 0) is 13.3 Å². The third-order valence-corrected chi connectivity index (χ3v) is 2.51. The summed E-state index contributed by atoms with van der Waals surface area (Å²) in [5.74, 6) is -3.50. The standard InChI is InChI=1S/C11H20N4O6/c1-5(16)9(11(21)14-4-8(18)19)15-10(20)6(12)2-3-7(13)17/h5-6,9,16H,2-4,12H2,1H3,(H2,13,17)(H,14,21)(H,15,20)(H,18,19). The number of amides is 3. The predicted octanol–water partition coefficient (Wildman–Crippen LogP) is -3.35. The van der Waals surface area contributed by atoms with E-state index in [-0.39, 0.29) is 12.8 Å². The van der Waals surface area contributed by atoms with Crippen LogP contribution in [0.4, 0.5) is 0 Å². The highest BCUT2D eigenvalue weighted by atomic mass is 16.4. The highest BCUT2D eigenvalue weighted by molar-refractivity contribution is 5.91. The molecule has 0 aromatic carbocycles. The predicted molar refractivity (Wildman–Crippen MR) is 70.7 cm³/mol. The van der Waals surface area contributed by atoms with Gasteiger partial charge in [-0.1, -0.05) is 0 Å². The van der Waals surface area contributed by atoms with Gasteiger partial charge in [-0.2, -0.15) is 0 Å². The fraction of sp³-hybridized carbons (Fsp3) is 0.636. The summed E-state index contributed by atoms with van der Waals surface area (Å²) in [5.41, 5.74) is 10.4. The van der Waals surface area contributed by atoms with Crippen molar-refractivity contribution >= 4 is 23.7 Å². The van der Waals surface area contributed by atoms with Crippen LogP contribution >= 0.6 is 0 Å². The van der Waals surface area contributed by atoms with Gasteiger partial charge in [-0.3, -0.25) is 19.2 Å². The van der Waals surface area contributed by atoms with Crippen molar-refractivity contribution in [1.29, 1.82) is 0 Å². The van der Waals surface area contributed by atoms with Crippen LogP contribution in [0.2, 0.25) is 0 Å². The van der Waals surface area contributed by atoms with Crippen molar-refractivity contribution in [2.75, 3.05) is 6.54 Å². The molecule has 3 atom stereocenters. The third-order valence-electron chi connectivity index (χ3n) is 2.51. The van der Waals surface area contributed by atoms with Crippen molar-refractivity contribution < 1.29 is 29.4 Å². The molecule has 0 aliphatic carbocycles. The first kappa shape index (κ1) is 18.8. The topological polar surface area (TPSA) is 185 Å². The molecule has 0 heterocycles. The molecule has 0 aliphatic rings. The van der Waals surface area contributed by atoms with Crippen molar-refractivity contribution in [3.63, 3.8) is 0 Å². The van der Waals surface area contributed by atoms with Crippen LogP contribution < -0.4 is 22.1 Å². The van der Waals surface area contributed by atoms with Gasteiger partial charge >= 0.3 is 5.97 Å². The average Bonchev–Trinajstić information content (AvgIpc) is 2.38. The Kier molecular flexibility index (Phi) is 7.94. The van der Waals surface area contributed by atoms with Gasteiger partial charge < -0.3 is 32.3 Å². The normalized spacial score (nSPS) is 14.6. The highest BCUT2D eigenvalue weighted by Gasteiger charge is 2.27. The van der Waals surface area contributed by atoms with E-state index in [1.807, 2.05) is 5.32 Å². The van der Waals surface area contributed by atoms with Gasteiger partial charge in [-0.25, -0.2) is 0 Å². The molecule has 8 N–H and O–H groups in total. The van der Waals surface area contributed by atoms with Crippen LogP contribution in [-0.2, 0) is 19.2 Å². The molecule has 10 nitrogen and oxygen atoms in total. The van der Waals surface area contributed by atoms with E-state index in [0.29, 0.717) is 0 Å². The molecule has 0 fully saturated rings. The van der Waals surface area contributed by atoms with E-state index in [2.05, 4.69) is 5.32 Å². The largest absolute Gasteiger partial charge is 0.480 e. The van der Waals surface area contributed by atoms with E-state index < -0.39 is 48.4 Å². The monoisotopic (exact) mass is 304 g/mol. The SMILES string of the molecule is CC(O)C(NC(=O)C(N)CCC(N)=O)C(=O)NCC(=O)O. The molecule has 0 aromatic rings. The van der Waals surface area contributed by atoms with Crippen LogP contribution in [-0.4, -0.2) is 58.6 Å². The number of nitrogens with two attached hydrogens (primary N) is 2. The molecule has 0 spiro atoms. The maximum atomic E-state index is 11.7. The van der Waals surface area contributed by atoms with Gasteiger partial charge in [-0.15, -0.1) is 0 Å². The second-order valence-corrected chi connectivity index (χ2v) is 4.45. The zero-order chi connectivity index (χ0) is 16.6. The zero-order valence-corrected chi connectivity index (χ0v) is 11.5. The lowest BCUT2D eigenvalue weighted by atomic mass is 10.1. The summed E-state index contributed by atoms with van der Waals surface area (Å²) in [6.07, 6.45) is -1.37. The summed E-state index contributed by atoms with van der Waals surface area (Å²) in [4.78, 5) is 44.3. The minimum Gasteiger partial charge on any atom is -0.480 e. The van der Waals surface area contributed by atoms with Crippen molar-refractivity contribution in [1.82, 2.24) is 10.6 Å². The summed E-state index contributed by atoms with van der Waals surface area (Å²) >= 11 is 0. The van der Waals surface area contributed by atoms with E-state index in [4.69, 9.17) is 16.6 Å². The summed E-state index contributed by atoms with van der Waals surface area (Å²) in [6.45, 7) is 0.603. The molecule has 21 heavy (non-hydrogen) atoms. The van der Waals surface area contributed by atoms with Gasteiger partial charge in [0.15, 0.2) is 0 Å². The second-order valence-electron chi connectivity index (χ2n) is 4.45. The maximum Gasteiger partial charge on any atom is 0.322 e. The van der Waals surface area contributed by atoms with Crippen LogP contribution in [0.15, 0.2) is 0 Å². The molecule has 0 bridgehead atoms. The van der Waals surface area contributed by atoms with E-state index in [0.717, 1.165) is 0 Å². The molecule has 120 valence electrons. The number of hydrogen-bond acceptors (Lipinski definition) is 6. The van der Waals surface area contributed by atoms with Crippen molar-refractivity contribution in [2.24, 2.45) is 11.5 Å².